The van der Waals surface area contributed by atoms with Crippen molar-refractivity contribution in [2.75, 3.05) is 28.4 Å². The summed E-state index contributed by atoms with van der Waals surface area (Å²) in [6.45, 7) is 27.0. The molecule has 0 atom stereocenters. The van der Waals surface area contributed by atoms with Gasteiger partial charge in [0.1, 0.15) is 35.8 Å². The molecule has 2 rings (SSSR count). The maximum atomic E-state index is 12.9. The Morgan fingerprint density at radius 3 is 0.815 bits per heavy atom. The average Bonchev–Trinajstić information content (AvgIpc) is 3.73. The number of thioether (sulfide) groups is 4. The van der Waals surface area contributed by atoms with Gasteiger partial charge in [-0.25, -0.2) is 19.2 Å². The van der Waals surface area contributed by atoms with Crippen molar-refractivity contribution < 1.29 is 38.1 Å². The van der Waals surface area contributed by atoms with Crippen molar-refractivity contribution in [2.24, 2.45) is 0 Å². The van der Waals surface area contributed by atoms with Crippen molar-refractivity contribution in [3.05, 3.63) is 51.4 Å². The lowest BCUT2D eigenvalue weighted by molar-refractivity contribution is -0.138. The number of allylic oxidation sites excluding steroid dienone is 4. The Bertz CT molecular complexity index is 1540. The number of hydrogen-bond donors (Lipinski definition) is 0. The van der Waals surface area contributed by atoms with Crippen LogP contribution in [0.4, 0.5) is 0 Å². The Hall–Kier alpha value is -2.47. The average molecular weight is 849 g/mol. The normalized spacial score (nSPS) is 15.4. The molecule has 0 aromatic carbocycles. The summed E-state index contributed by atoms with van der Waals surface area (Å²) in [6, 6.07) is 0. The quantitative estimate of drug-likeness (QED) is 0.0808. The Labute approximate surface area is 342 Å². The van der Waals surface area contributed by atoms with Gasteiger partial charge in [0.05, 0.1) is 36.9 Å². The molecule has 0 spiro atoms. The topological polar surface area (TPSA) is 105 Å². The first-order valence-corrected chi connectivity index (χ1v) is 25.7. The van der Waals surface area contributed by atoms with Gasteiger partial charge >= 0.3 is 23.9 Å². The number of esters is 4. The van der Waals surface area contributed by atoms with Gasteiger partial charge in [0.2, 0.25) is 0 Å². The first kappa shape index (κ1) is 47.7. The molecule has 54 heavy (non-hydrogen) atoms. The van der Waals surface area contributed by atoms with Gasteiger partial charge < -0.3 is 18.9 Å². The van der Waals surface area contributed by atoms with E-state index in [1.165, 1.54) is 28.4 Å². The fourth-order valence-electron chi connectivity index (χ4n) is 7.47. The van der Waals surface area contributed by atoms with Crippen LogP contribution in [-0.2, 0) is 38.1 Å². The molecule has 0 unspecified atom stereocenters. The first-order valence-electron chi connectivity index (χ1n) is 18.0. The first-order chi connectivity index (χ1) is 25.2. The summed E-state index contributed by atoms with van der Waals surface area (Å²) in [5, 5.41) is 0. The molecule has 2 heterocycles. The van der Waals surface area contributed by atoms with E-state index < -0.39 is 40.0 Å². The van der Waals surface area contributed by atoms with E-state index in [4.69, 9.17) is 18.9 Å². The molecular weight excluding hydrogens is 793 g/mol. The molecule has 0 bridgehead atoms. The van der Waals surface area contributed by atoms with Crippen LogP contribution in [-0.4, -0.2) is 68.5 Å². The Morgan fingerprint density at radius 2 is 0.648 bits per heavy atom. The summed E-state index contributed by atoms with van der Waals surface area (Å²) < 4.78 is 21.4. The minimum absolute atomic E-state index is 0.136. The molecule has 0 aromatic rings. The highest BCUT2D eigenvalue weighted by Gasteiger charge is 2.43. The fraction of sp³-hybridized carbons (Fsp3) is 0.550. The molecule has 0 saturated carbocycles. The lowest BCUT2D eigenvalue weighted by Gasteiger charge is -2.38. The molecule has 0 saturated heterocycles. The highest BCUT2D eigenvalue weighted by molar-refractivity contribution is 8.29. The lowest BCUT2D eigenvalue weighted by Crippen LogP contribution is -2.43. The van der Waals surface area contributed by atoms with E-state index in [-0.39, 0.29) is 19.6 Å². The summed E-state index contributed by atoms with van der Waals surface area (Å²) in [6.07, 6.45) is 3.76. The molecule has 0 amide bonds. The molecule has 2 aliphatic rings. The predicted octanol–water partition coefficient (Wildman–Crippen LogP) is 10.5. The van der Waals surface area contributed by atoms with Gasteiger partial charge in [-0.05, 0) is 45.4 Å². The van der Waals surface area contributed by atoms with E-state index in [1.54, 1.807) is 0 Å². The molecule has 0 aliphatic carbocycles. The summed E-state index contributed by atoms with van der Waals surface area (Å²) in [5.41, 5.74) is 11.0. The zero-order valence-electron chi connectivity index (χ0n) is 34.5. The van der Waals surface area contributed by atoms with Gasteiger partial charge in [-0.3, -0.25) is 0 Å². The van der Waals surface area contributed by atoms with Crippen molar-refractivity contribution in [1.29, 1.82) is 0 Å². The molecular formula is C40H56O8S4Si2. The van der Waals surface area contributed by atoms with Gasteiger partial charge in [0, 0.05) is 11.1 Å². The van der Waals surface area contributed by atoms with Gasteiger partial charge in [-0.2, -0.15) is 0 Å². The third kappa shape index (κ3) is 10.5. The number of hydrogen-bond acceptors (Lipinski definition) is 12. The number of methoxy groups -OCH3 is 4. The van der Waals surface area contributed by atoms with Crippen LogP contribution < -0.4 is 0 Å². The third-order valence-electron chi connectivity index (χ3n) is 10.1. The van der Waals surface area contributed by atoms with E-state index in [0.717, 1.165) is 47.0 Å². The van der Waals surface area contributed by atoms with Crippen LogP contribution >= 0.6 is 47.0 Å². The van der Waals surface area contributed by atoms with E-state index in [1.807, 2.05) is 12.2 Å². The molecule has 0 radical (unpaired) electrons. The Morgan fingerprint density at radius 1 is 0.444 bits per heavy atom. The maximum Gasteiger partial charge on any atom is 0.346 e. The maximum absolute atomic E-state index is 12.9. The predicted molar refractivity (Wildman–Crippen MR) is 233 cm³/mol. The minimum atomic E-state index is -2.28. The van der Waals surface area contributed by atoms with Crippen LogP contribution in [0, 0.1) is 22.9 Å². The standard InChI is InChI=1S/C40H56O8S4Si2/c1-23(2)53(24(3)4,25(5)6)19-17-29(21-31-49-33(37(41)45-13)34(50-31)38(42)46-14)30(18-20-54(26(7)8,27(9)10)28(11)12)22-32-51-35(39(43)47-15)36(52-32)40(44)48-16/h21-28H,1-16H3/b30-29+. The number of carbonyl (C=O) groups excluding carboxylic acids is 4. The Kier molecular flexibility index (Phi) is 18.2. The van der Waals surface area contributed by atoms with Crippen molar-refractivity contribution in [1.82, 2.24) is 0 Å². The Balaban J connectivity index is 3.23. The second-order valence-corrected chi connectivity index (χ2v) is 30.6. The van der Waals surface area contributed by atoms with Crippen molar-refractivity contribution in [3.63, 3.8) is 0 Å². The van der Waals surface area contributed by atoms with E-state index in [9.17, 15) is 19.2 Å². The van der Waals surface area contributed by atoms with E-state index in [0.29, 0.717) is 52.9 Å². The van der Waals surface area contributed by atoms with Crippen molar-refractivity contribution >= 4 is 87.1 Å². The smallest absolute Gasteiger partial charge is 0.346 e. The summed E-state index contributed by atoms with van der Waals surface area (Å²) in [7, 11) is 0.513. The van der Waals surface area contributed by atoms with Gasteiger partial charge in [-0.1, -0.05) is 142 Å². The zero-order chi connectivity index (χ0) is 41.3. The lowest BCUT2D eigenvalue weighted by atomic mass is 10.1. The summed E-state index contributed by atoms with van der Waals surface area (Å²) in [4.78, 5) is 51.9. The second kappa shape index (κ2) is 20.6. The van der Waals surface area contributed by atoms with Crippen molar-refractivity contribution in [2.45, 2.75) is 116 Å². The molecule has 296 valence electrons. The molecule has 0 fully saturated rings. The second-order valence-electron chi connectivity index (χ2n) is 14.7. The molecule has 14 heteroatoms. The van der Waals surface area contributed by atoms with Crippen LogP contribution in [0.25, 0.3) is 0 Å². The minimum Gasteiger partial charge on any atom is -0.465 e. The molecule has 0 N–H and O–H groups in total. The van der Waals surface area contributed by atoms with Gasteiger partial charge in [-0.15, -0.1) is 11.1 Å². The third-order valence-corrected chi connectivity index (χ3v) is 27.5. The van der Waals surface area contributed by atoms with Crippen LogP contribution in [0.5, 0.6) is 0 Å². The van der Waals surface area contributed by atoms with E-state index >= 15 is 0 Å². The van der Waals surface area contributed by atoms with E-state index in [2.05, 4.69) is 106 Å². The zero-order valence-corrected chi connectivity index (χ0v) is 39.8. The van der Waals surface area contributed by atoms with Gasteiger partial charge in [0.15, 0.2) is 0 Å². The SMILES string of the molecule is COC(=O)C1=C(C(=O)OC)SC(=C/C(C#C[Si](C(C)C)(C(C)C)C(C)C)=C(\C#C[Si](C(C)C)(C(C)C)C(C)C)C=C2SC(C(=O)OC)=C(C(=O)OC)S2)S1. The highest BCUT2D eigenvalue weighted by atomic mass is 32.2. The summed E-state index contributed by atoms with van der Waals surface area (Å²) >= 11 is 4.50. The van der Waals surface area contributed by atoms with Crippen LogP contribution in [0.15, 0.2) is 51.4 Å². The van der Waals surface area contributed by atoms with Crippen LogP contribution in [0.1, 0.15) is 83.1 Å². The number of rotatable bonds is 12. The molecule has 8 nitrogen and oxygen atoms in total. The highest BCUT2D eigenvalue weighted by Crippen LogP contribution is 2.52. The largest absolute Gasteiger partial charge is 0.465 e. The van der Waals surface area contributed by atoms with Crippen molar-refractivity contribution in [3.8, 4) is 22.9 Å². The van der Waals surface area contributed by atoms with Crippen LogP contribution in [0.3, 0.4) is 0 Å². The van der Waals surface area contributed by atoms with Crippen LogP contribution in [0.2, 0.25) is 33.2 Å². The number of carbonyl (C=O) groups is 4. The molecule has 0 aromatic heterocycles. The summed E-state index contributed by atoms with van der Waals surface area (Å²) in [5.74, 6) is 4.69. The fourth-order valence-corrected chi connectivity index (χ4v) is 22.6. The molecule has 2 aliphatic heterocycles. The monoisotopic (exact) mass is 848 g/mol. The number of ether oxygens (including phenoxy) is 4. The van der Waals surface area contributed by atoms with Gasteiger partial charge in [0.25, 0.3) is 0 Å².